The number of aliphatic hydroxyl groups excluding tert-OH is 1. The predicted molar refractivity (Wildman–Crippen MR) is 72.4 cm³/mol. The SMILES string of the molecule is O=C(O)[C@@H](O)CCNS(=O)(=O)c1ccc2[nH]c(=O)[nH]c2c1. The number of rotatable bonds is 6. The molecule has 0 aliphatic carbocycles. The Morgan fingerprint density at radius 3 is 2.62 bits per heavy atom. The van der Waals surface area contributed by atoms with Gasteiger partial charge in [0.25, 0.3) is 0 Å². The first kappa shape index (κ1) is 15.2. The summed E-state index contributed by atoms with van der Waals surface area (Å²) >= 11 is 0. The molecule has 5 N–H and O–H groups in total. The van der Waals surface area contributed by atoms with Crippen LogP contribution in [-0.4, -0.2) is 47.2 Å². The molecule has 0 spiro atoms. The van der Waals surface area contributed by atoms with Crippen LogP contribution in [0.15, 0.2) is 27.9 Å². The molecule has 1 heterocycles. The van der Waals surface area contributed by atoms with Crippen LogP contribution in [-0.2, 0) is 14.8 Å². The van der Waals surface area contributed by atoms with Gasteiger partial charge in [-0.15, -0.1) is 0 Å². The van der Waals surface area contributed by atoms with Crippen molar-refractivity contribution < 1.29 is 23.4 Å². The normalized spacial score (nSPS) is 13.4. The third-order valence-electron chi connectivity index (χ3n) is 2.79. The highest BCUT2D eigenvalue weighted by Gasteiger charge is 2.17. The largest absolute Gasteiger partial charge is 0.479 e. The molecule has 21 heavy (non-hydrogen) atoms. The van der Waals surface area contributed by atoms with Gasteiger partial charge in [-0.05, 0) is 24.6 Å². The van der Waals surface area contributed by atoms with Gasteiger partial charge in [-0.25, -0.2) is 22.7 Å². The minimum Gasteiger partial charge on any atom is -0.479 e. The van der Waals surface area contributed by atoms with Crippen LogP contribution in [0.25, 0.3) is 11.0 Å². The number of hydrogen-bond acceptors (Lipinski definition) is 5. The maximum absolute atomic E-state index is 12.0. The fourth-order valence-electron chi connectivity index (χ4n) is 1.72. The lowest BCUT2D eigenvalue weighted by molar-refractivity contribution is -0.146. The summed E-state index contributed by atoms with van der Waals surface area (Å²) in [6.45, 7) is -0.225. The van der Waals surface area contributed by atoms with Crippen LogP contribution in [0.4, 0.5) is 0 Å². The summed E-state index contributed by atoms with van der Waals surface area (Å²) in [5.41, 5.74) is 0.366. The number of sulfonamides is 1. The summed E-state index contributed by atoms with van der Waals surface area (Å²) in [6, 6.07) is 4.03. The Kier molecular flexibility index (Phi) is 4.11. The molecular formula is C11H13N3O6S. The molecule has 1 aromatic heterocycles. The number of nitrogens with one attached hydrogen (secondary N) is 3. The molecular weight excluding hydrogens is 302 g/mol. The van der Waals surface area contributed by atoms with Gasteiger partial charge in [-0.1, -0.05) is 0 Å². The summed E-state index contributed by atoms with van der Waals surface area (Å²) < 4.78 is 26.2. The van der Waals surface area contributed by atoms with Gasteiger partial charge in [0, 0.05) is 6.54 Å². The second-order valence-corrected chi connectivity index (χ2v) is 6.09. The summed E-state index contributed by atoms with van der Waals surface area (Å²) in [6.07, 6.45) is -1.88. The van der Waals surface area contributed by atoms with Crippen molar-refractivity contribution in [1.82, 2.24) is 14.7 Å². The van der Waals surface area contributed by atoms with Crippen molar-refractivity contribution in [3.8, 4) is 0 Å². The molecule has 114 valence electrons. The summed E-state index contributed by atoms with van der Waals surface area (Å²) in [5.74, 6) is -1.42. The second kappa shape index (κ2) is 5.68. The van der Waals surface area contributed by atoms with E-state index in [0.29, 0.717) is 11.0 Å². The van der Waals surface area contributed by atoms with E-state index in [2.05, 4.69) is 14.7 Å². The average Bonchev–Trinajstić information content (AvgIpc) is 2.77. The van der Waals surface area contributed by atoms with Crippen LogP contribution >= 0.6 is 0 Å². The number of benzene rings is 1. The van der Waals surface area contributed by atoms with Crippen molar-refractivity contribution in [3.63, 3.8) is 0 Å². The topological polar surface area (TPSA) is 152 Å². The number of imidazole rings is 1. The number of aromatic nitrogens is 2. The lowest BCUT2D eigenvalue weighted by Gasteiger charge is -2.08. The van der Waals surface area contributed by atoms with E-state index < -0.39 is 27.8 Å². The number of aliphatic hydroxyl groups is 1. The van der Waals surface area contributed by atoms with E-state index in [1.807, 2.05) is 0 Å². The zero-order valence-electron chi connectivity index (χ0n) is 10.7. The molecule has 2 rings (SSSR count). The van der Waals surface area contributed by atoms with Crippen LogP contribution in [0.2, 0.25) is 0 Å². The molecule has 0 aliphatic heterocycles. The zero-order chi connectivity index (χ0) is 15.6. The van der Waals surface area contributed by atoms with Gasteiger partial charge < -0.3 is 20.2 Å². The maximum atomic E-state index is 12.0. The number of carboxylic acid groups (broad SMARTS) is 1. The highest BCUT2D eigenvalue weighted by Crippen LogP contribution is 2.14. The number of carbonyl (C=O) groups is 1. The average molecular weight is 315 g/mol. The number of aromatic amines is 2. The van der Waals surface area contributed by atoms with Crippen molar-refractivity contribution >= 4 is 27.0 Å². The molecule has 10 heteroatoms. The molecule has 2 aromatic rings. The van der Waals surface area contributed by atoms with Crippen molar-refractivity contribution in [3.05, 3.63) is 28.7 Å². The molecule has 0 radical (unpaired) electrons. The standard InChI is InChI=1S/C11H13N3O6S/c15-9(10(16)17)3-4-12-21(19,20)6-1-2-7-8(5-6)14-11(18)13-7/h1-2,5,9,12,15H,3-4H2,(H,16,17)(H2,13,14,18)/t9-/m0/s1. The van der Waals surface area contributed by atoms with Crippen LogP contribution < -0.4 is 10.4 Å². The van der Waals surface area contributed by atoms with Gasteiger partial charge >= 0.3 is 11.7 Å². The van der Waals surface area contributed by atoms with Crippen molar-refractivity contribution in [2.75, 3.05) is 6.54 Å². The first-order valence-electron chi connectivity index (χ1n) is 5.92. The second-order valence-electron chi connectivity index (χ2n) is 4.33. The molecule has 9 nitrogen and oxygen atoms in total. The van der Waals surface area contributed by atoms with Crippen molar-refractivity contribution in [2.45, 2.75) is 17.4 Å². The maximum Gasteiger partial charge on any atom is 0.332 e. The van der Waals surface area contributed by atoms with E-state index in [4.69, 9.17) is 10.2 Å². The lowest BCUT2D eigenvalue weighted by Crippen LogP contribution is -2.30. The first-order valence-corrected chi connectivity index (χ1v) is 7.40. The van der Waals surface area contributed by atoms with E-state index in [1.165, 1.54) is 18.2 Å². The molecule has 0 aliphatic rings. The van der Waals surface area contributed by atoms with Crippen LogP contribution in [0, 0.1) is 0 Å². The highest BCUT2D eigenvalue weighted by atomic mass is 32.2. The van der Waals surface area contributed by atoms with Gasteiger partial charge in [0.1, 0.15) is 0 Å². The predicted octanol–water partition coefficient (Wildman–Crippen LogP) is -1.03. The van der Waals surface area contributed by atoms with Gasteiger partial charge in [0.15, 0.2) is 6.10 Å². The third kappa shape index (κ3) is 3.48. The van der Waals surface area contributed by atoms with Gasteiger partial charge in [0.05, 0.1) is 15.9 Å². The summed E-state index contributed by atoms with van der Waals surface area (Å²) in [7, 11) is -3.85. The molecule has 0 saturated carbocycles. The quantitative estimate of drug-likeness (QED) is 0.459. The lowest BCUT2D eigenvalue weighted by atomic mass is 10.3. The Balaban J connectivity index is 2.13. The van der Waals surface area contributed by atoms with Crippen molar-refractivity contribution in [2.24, 2.45) is 0 Å². The third-order valence-corrected chi connectivity index (χ3v) is 4.25. The Morgan fingerprint density at radius 2 is 1.95 bits per heavy atom. The first-order chi connectivity index (χ1) is 9.79. The van der Waals surface area contributed by atoms with Crippen LogP contribution in [0.3, 0.4) is 0 Å². The Labute approximate surface area is 118 Å². The van der Waals surface area contributed by atoms with E-state index in [1.54, 1.807) is 0 Å². The molecule has 0 fully saturated rings. The number of carboxylic acids is 1. The molecule has 1 aromatic carbocycles. The number of hydrogen-bond donors (Lipinski definition) is 5. The molecule has 0 saturated heterocycles. The van der Waals surface area contributed by atoms with Gasteiger partial charge in [-0.3, -0.25) is 0 Å². The van der Waals surface area contributed by atoms with E-state index in [9.17, 15) is 18.0 Å². The molecule has 0 unspecified atom stereocenters. The minimum atomic E-state index is -3.85. The number of H-pyrrole nitrogens is 2. The van der Waals surface area contributed by atoms with Crippen molar-refractivity contribution in [1.29, 1.82) is 0 Å². The zero-order valence-corrected chi connectivity index (χ0v) is 11.5. The highest BCUT2D eigenvalue weighted by molar-refractivity contribution is 7.89. The fraction of sp³-hybridized carbons (Fsp3) is 0.273. The van der Waals surface area contributed by atoms with E-state index in [-0.39, 0.29) is 17.9 Å². The monoisotopic (exact) mass is 315 g/mol. The number of aliphatic carboxylic acids is 1. The number of fused-ring (bicyclic) bond motifs is 1. The minimum absolute atomic E-state index is 0.0740. The van der Waals surface area contributed by atoms with E-state index in [0.717, 1.165) is 0 Å². The van der Waals surface area contributed by atoms with E-state index >= 15 is 0 Å². The van der Waals surface area contributed by atoms with Crippen LogP contribution in [0.5, 0.6) is 0 Å². The van der Waals surface area contributed by atoms with Gasteiger partial charge in [0.2, 0.25) is 10.0 Å². The summed E-state index contributed by atoms with van der Waals surface area (Å²) in [5, 5.41) is 17.5. The molecule has 0 bridgehead atoms. The Hall–Kier alpha value is -2.17. The molecule has 1 atom stereocenters. The van der Waals surface area contributed by atoms with Crippen LogP contribution in [0.1, 0.15) is 6.42 Å². The Bertz CT molecular complexity index is 822. The van der Waals surface area contributed by atoms with Gasteiger partial charge in [-0.2, -0.15) is 0 Å². The Morgan fingerprint density at radius 1 is 1.29 bits per heavy atom. The molecule has 0 amide bonds. The smallest absolute Gasteiger partial charge is 0.332 e. The fourth-order valence-corrected chi connectivity index (χ4v) is 2.79. The summed E-state index contributed by atoms with van der Waals surface area (Å²) in [4.78, 5) is 26.4.